The third-order valence-electron chi connectivity index (χ3n) is 9.26. The van der Waals surface area contributed by atoms with Crippen LogP contribution in [-0.4, -0.2) is 105 Å². The lowest BCUT2D eigenvalue weighted by molar-refractivity contribution is -0.148. The number of rotatable bonds is 8. The van der Waals surface area contributed by atoms with Crippen LogP contribution in [0.3, 0.4) is 0 Å². The first kappa shape index (κ1) is 31.8. The number of carbonyl (C=O) groups excluding carboxylic acids is 2. The minimum atomic E-state index is -0.151. The summed E-state index contributed by atoms with van der Waals surface area (Å²) in [5, 5.41) is 0. The molecule has 10 heteroatoms. The van der Waals surface area contributed by atoms with E-state index in [0.29, 0.717) is 30.8 Å². The Labute approximate surface area is 246 Å². The van der Waals surface area contributed by atoms with Gasteiger partial charge in [-0.05, 0) is 75.6 Å². The Bertz CT molecular complexity index is 944. The zero-order chi connectivity index (χ0) is 25.8. The minimum absolute atomic E-state index is 0. The lowest BCUT2D eigenvalue weighted by Crippen LogP contribution is -2.66. The first-order chi connectivity index (χ1) is 18.1. The number of hydrogen-bond donors (Lipinski definition) is 0. The van der Waals surface area contributed by atoms with Gasteiger partial charge in [0, 0.05) is 51.2 Å². The highest BCUT2D eigenvalue weighted by Crippen LogP contribution is 2.43. The number of benzene rings is 1. The molecule has 1 amide bonds. The van der Waals surface area contributed by atoms with Crippen LogP contribution in [0.1, 0.15) is 44.9 Å². The van der Waals surface area contributed by atoms with Gasteiger partial charge in [0.05, 0.1) is 26.5 Å². The number of carbonyl (C=O) groups is 2. The Balaban J connectivity index is 0.00000210. The van der Waals surface area contributed by atoms with E-state index in [2.05, 4.69) is 31.7 Å². The number of halogens is 2. The molecule has 4 unspecified atom stereocenters. The van der Waals surface area contributed by atoms with Crippen molar-refractivity contribution in [2.45, 2.75) is 57.0 Å². The number of piperazine rings is 1. The van der Waals surface area contributed by atoms with Crippen molar-refractivity contribution in [3.05, 3.63) is 24.3 Å². The summed E-state index contributed by atoms with van der Waals surface area (Å²) in [7, 11) is 3.18. The first-order valence-corrected chi connectivity index (χ1v) is 14.3. The van der Waals surface area contributed by atoms with Gasteiger partial charge in [0.15, 0.2) is 0 Å². The summed E-state index contributed by atoms with van der Waals surface area (Å²) in [5.41, 5.74) is 1.13. The molecule has 5 rings (SSSR count). The molecule has 4 heterocycles. The number of amides is 1. The van der Waals surface area contributed by atoms with Gasteiger partial charge >= 0.3 is 5.97 Å². The van der Waals surface area contributed by atoms with Gasteiger partial charge in [-0.2, -0.15) is 0 Å². The molecule has 0 saturated carbocycles. The Morgan fingerprint density at radius 2 is 1.67 bits per heavy atom. The predicted molar refractivity (Wildman–Crippen MR) is 158 cm³/mol. The van der Waals surface area contributed by atoms with Crippen LogP contribution in [0.2, 0.25) is 0 Å². The van der Waals surface area contributed by atoms with Gasteiger partial charge in [0.2, 0.25) is 5.91 Å². The topological polar surface area (TPSA) is 65.6 Å². The molecule has 39 heavy (non-hydrogen) atoms. The molecule has 0 spiro atoms. The zero-order valence-corrected chi connectivity index (χ0v) is 25.1. The Morgan fingerprint density at radius 3 is 2.38 bits per heavy atom. The monoisotopic (exact) mass is 584 g/mol. The number of para-hydroxylation sites is 2. The van der Waals surface area contributed by atoms with E-state index in [9.17, 15) is 9.59 Å². The summed E-state index contributed by atoms with van der Waals surface area (Å²) in [6, 6.07) is 9.01. The van der Waals surface area contributed by atoms with Crippen LogP contribution in [0.25, 0.3) is 0 Å². The molecule has 4 aliphatic rings. The Kier molecular flexibility index (Phi) is 12.0. The number of esters is 1. The quantitative estimate of drug-likeness (QED) is 0.431. The number of anilines is 1. The highest BCUT2D eigenvalue weighted by Gasteiger charge is 2.49. The van der Waals surface area contributed by atoms with E-state index >= 15 is 0 Å². The summed E-state index contributed by atoms with van der Waals surface area (Å²) in [6.07, 6.45) is 7.00. The maximum Gasteiger partial charge on any atom is 0.305 e. The van der Waals surface area contributed by atoms with Crippen molar-refractivity contribution < 1.29 is 19.1 Å². The lowest BCUT2D eigenvalue weighted by atomic mass is 9.69. The molecule has 0 bridgehead atoms. The molecule has 220 valence electrons. The van der Waals surface area contributed by atoms with Crippen LogP contribution in [0, 0.1) is 11.8 Å². The van der Waals surface area contributed by atoms with Gasteiger partial charge in [-0.3, -0.25) is 19.4 Å². The van der Waals surface area contributed by atoms with Crippen LogP contribution >= 0.6 is 24.8 Å². The van der Waals surface area contributed by atoms with Crippen molar-refractivity contribution >= 4 is 42.4 Å². The van der Waals surface area contributed by atoms with Crippen LogP contribution in [0.5, 0.6) is 5.75 Å². The maximum absolute atomic E-state index is 13.9. The van der Waals surface area contributed by atoms with E-state index in [4.69, 9.17) is 9.47 Å². The van der Waals surface area contributed by atoms with Crippen molar-refractivity contribution in [2.75, 3.05) is 71.5 Å². The van der Waals surface area contributed by atoms with E-state index in [0.717, 1.165) is 57.0 Å². The van der Waals surface area contributed by atoms with Gasteiger partial charge in [-0.1, -0.05) is 12.1 Å². The van der Waals surface area contributed by atoms with Crippen molar-refractivity contribution in [3.63, 3.8) is 0 Å². The fourth-order valence-electron chi connectivity index (χ4n) is 7.53. The highest BCUT2D eigenvalue weighted by atomic mass is 35.5. The Morgan fingerprint density at radius 1 is 0.949 bits per heavy atom. The third kappa shape index (κ3) is 7.13. The molecule has 1 aromatic carbocycles. The summed E-state index contributed by atoms with van der Waals surface area (Å²) >= 11 is 0. The molecule has 0 aliphatic carbocycles. The molecule has 4 fully saturated rings. The van der Waals surface area contributed by atoms with Gasteiger partial charge in [-0.25, -0.2) is 0 Å². The molecular weight excluding hydrogens is 539 g/mol. The van der Waals surface area contributed by atoms with E-state index in [-0.39, 0.29) is 42.7 Å². The van der Waals surface area contributed by atoms with E-state index in [1.807, 2.05) is 12.1 Å². The largest absolute Gasteiger partial charge is 0.495 e. The van der Waals surface area contributed by atoms with Crippen LogP contribution < -0.4 is 9.64 Å². The van der Waals surface area contributed by atoms with E-state index in [1.165, 1.54) is 45.9 Å². The smallest absolute Gasteiger partial charge is 0.305 e. The van der Waals surface area contributed by atoms with Gasteiger partial charge < -0.3 is 19.3 Å². The van der Waals surface area contributed by atoms with Crippen molar-refractivity contribution in [2.24, 2.45) is 11.8 Å². The SMILES string of the molecule is COC(=O)CCCC1C2CCCN3CCCC(CN1C(=O)CN1CCN(c4ccccc4OC)CC1)C23.Cl.Cl. The normalized spacial score (nSPS) is 27.0. The minimum Gasteiger partial charge on any atom is -0.495 e. The maximum atomic E-state index is 13.9. The van der Waals surface area contributed by atoms with Crippen molar-refractivity contribution in [1.29, 1.82) is 0 Å². The van der Waals surface area contributed by atoms with E-state index in [1.54, 1.807) is 7.11 Å². The van der Waals surface area contributed by atoms with Crippen molar-refractivity contribution in [3.8, 4) is 5.75 Å². The molecule has 8 nitrogen and oxygen atoms in total. The number of hydrogen-bond acceptors (Lipinski definition) is 7. The van der Waals surface area contributed by atoms with Crippen molar-refractivity contribution in [1.82, 2.24) is 14.7 Å². The second-order valence-corrected chi connectivity index (χ2v) is 11.3. The summed E-state index contributed by atoms with van der Waals surface area (Å²) in [4.78, 5) is 35.3. The molecule has 4 saturated heterocycles. The highest BCUT2D eigenvalue weighted by molar-refractivity contribution is 5.85. The molecular formula is C29H46Cl2N4O4. The average Bonchev–Trinajstić information content (AvgIpc) is 2.94. The summed E-state index contributed by atoms with van der Waals surface area (Å²) < 4.78 is 10.5. The number of nitrogens with zero attached hydrogens (tertiary/aromatic N) is 4. The number of ether oxygens (including phenoxy) is 2. The Hall–Kier alpha value is -1.74. The second kappa shape index (κ2) is 14.8. The summed E-state index contributed by atoms with van der Waals surface area (Å²) in [5.74, 6) is 2.13. The predicted octanol–water partition coefficient (Wildman–Crippen LogP) is 3.71. The standard InChI is InChI=1S/C29H44N4O4.2ClH/c1-36-26-12-4-3-10-25(26)31-18-16-30(17-19-31)21-27(34)33-20-22-8-6-14-32-15-7-9-23(29(22)32)24(33)11-5-13-28(35)37-2;;/h3-4,10,12,22-24,29H,5-9,11,13-21H2,1-2H3;2*1H. The van der Waals surface area contributed by atoms with Crippen LogP contribution in [-0.2, 0) is 14.3 Å². The second-order valence-electron chi connectivity index (χ2n) is 11.3. The van der Waals surface area contributed by atoms with E-state index < -0.39 is 0 Å². The molecule has 1 aromatic rings. The summed E-state index contributed by atoms with van der Waals surface area (Å²) in [6.45, 7) is 7.29. The first-order valence-electron chi connectivity index (χ1n) is 14.3. The van der Waals surface area contributed by atoms with Gasteiger partial charge in [0.25, 0.3) is 0 Å². The van der Waals surface area contributed by atoms with Gasteiger partial charge in [-0.15, -0.1) is 24.8 Å². The average molecular weight is 586 g/mol. The third-order valence-corrected chi connectivity index (χ3v) is 9.26. The van der Waals surface area contributed by atoms with Crippen LogP contribution in [0.15, 0.2) is 24.3 Å². The molecule has 0 aromatic heterocycles. The lowest BCUT2D eigenvalue weighted by Gasteiger charge is -2.57. The molecule has 0 radical (unpaired) electrons. The fraction of sp³-hybridized carbons (Fsp3) is 0.724. The number of likely N-dealkylation sites (tertiary alicyclic amines) is 1. The number of piperidine rings is 3. The fourth-order valence-corrected chi connectivity index (χ4v) is 7.53. The molecule has 4 atom stereocenters. The number of methoxy groups -OCH3 is 2. The molecule has 4 aliphatic heterocycles. The van der Waals surface area contributed by atoms with Gasteiger partial charge in [0.1, 0.15) is 5.75 Å². The van der Waals surface area contributed by atoms with Crippen LogP contribution in [0.4, 0.5) is 5.69 Å². The zero-order valence-electron chi connectivity index (χ0n) is 23.5. The molecule has 0 N–H and O–H groups in total.